The van der Waals surface area contributed by atoms with Gasteiger partial charge >= 0.3 is 0 Å². The molecule has 7 heteroatoms. The lowest BCUT2D eigenvalue weighted by Gasteiger charge is -2.08. The highest BCUT2D eigenvalue weighted by Crippen LogP contribution is 2.40. The molecule has 0 aliphatic rings. The Labute approximate surface area is 320 Å². The SMILES string of the molecule is c1ccc(-c2nc(-c3ccccc3)nc(-c3cccc4c3oc3cc(-c5cccc(-c6nc(-c7ccccc7)nc7c6oc6ccccc67)c5)ccc34)n2)cc1. The minimum absolute atomic E-state index is 0.548. The Hall–Kier alpha value is -7.77. The van der Waals surface area contributed by atoms with E-state index in [1.54, 1.807) is 0 Å². The zero-order valence-corrected chi connectivity index (χ0v) is 29.8. The summed E-state index contributed by atoms with van der Waals surface area (Å²) in [5.41, 5.74) is 11.0. The second-order valence-electron chi connectivity index (χ2n) is 13.7. The number of benzene rings is 7. The first-order valence-electron chi connectivity index (χ1n) is 18.4. The van der Waals surface area contributed by atoms with E-state index >= 15 is 0 Å². The maximum atomic E-state index is 6.73. The Morgan fingerprint density at radius 3 is 1.55 bits per heavy atom. The van der Waals surface area contributed by atoms with Crippen molar-refractivity contribution in [3.05, 3.63) is 176 Å². The van der Waals surface area contributed by atoms with E-state index in [1.165, 1.54) is 0 Å². The Balaban J connectivity index is 1.04. The van der Waals surface area contributed by atoms with Gasteiger partial charge in [-0.25, -0.2) is 24.9 Å². The molecule has 11 aromatic rings. The molecule has 0 amide bonds. The summed E-state index contributed by atoms with van der Waals surface area (Å²) >= 11 is 0. The van der Waals surface area contributed by atoms with Crippen molar-refractivity contribution in [3.63, 3.8) is 0 Å². The normalized spacial score (nSPS) is 11.6. The summed E-state index contributed by atoms with van der Waals surface area (Å²) in [7, 11) is 0. The van der Waals surface area contributed by atoms with Crippen molar-refractivity contribution in [1.29, 1.82) is 0 Å². The third kappa shape index (κ3) is 5.41. The van der Waals surface area contributed by atoms with Crippen LogP contribution in [0.1, 0.15) is 0 Å². The van der Waals surface area contributed by atoms with E-state index in [4.69, 9.17) is 33.8 Å². The van der Waals surface area contributed by atoms with Gasteiger partial charge < -0.3 is 8.83 Å². The summed E-state index contributed by atoms with van der Waals surface area (Å²) in [6, 6.07) is 58.9. The van der Waals surface area contributed by atoms with Crippen molar-refractivity contribution in [1.82, 2.24) is 24.9 Å². The summed E-state index contributed by atoms with van der Waals surface area (Å²) in [6.45, 7) is 0. The van der Waals surface area contributed by atoms with E-state index < -0.39 is 0 Å². The van der Waals surface area contributed by atoms with E-state index in [0.29, 0.717) is 28.9 Å². The van der Waals surface area contributed by atoms with E-state index in [9.17, 15) is 0 Å². The first-order chi connectivity index (χ1) is 27.7. The molecule has 0 atom stereocenters. The van der Waals surface area contributed by atoms with E-state index in [1.807, 2.05) is 127 Å². The molecule has 56 heavy (non-hydrogen) atoms. The predicted octanol–water partition coefficient (Wildman–Crippen LogP) is 12.5. The monoisotopic (exact) mass is 719 g/mol. The van der Waals surface area contributed by atoms with Crippen LogP contribution in [0.3, 0.4) is 0 Å². The van der Waals surface area contributed by atoms with Crippen LogP contribution in [0.2, 0.25) is 0 Å². The minimum Gasteiger partial charge on any atom is -0.455 e. The van der Waals surface area contributed by atoms with Gasteiger partial charge in [0.05, 0.1) is 5.56 Å². The van der Waals surface area contributed by atoms with E-state index in [-0.39, 0.29) is 0 Å². The number of hydrogen-bond acceptors (Lipinski definition) is 7. The van der Waals surface area contributed by atoms with Gasteiger partial charge in [-0.05, 0) is 47.5 Å². The lowest BCUT2D eigenvalue weighted by molar-refractivity contribution is 0.667. The average Bonchev–Trinajstić information content (AvgIpc) is 3.85. The van der Waals surface area contributed by atoms with Crippen LogP contribution in [0.25, 0.3) is 112 Å². The van der Waals surface area contributed by atoms with Crippen LogP contribution in [-0.4, -0.2) is 24.9 Å². The van der Waals surface area contributed by atoms with Crippen molar-refractivity contribution < 1.29 is 8.83 Å². The highest BCUT2D eigenvalue weighted by atomic mass is 16.3. The minimum atomic E-state index is 0.548. The van der Waals surface area contributed by atoms with Gasteiger partial charge in [0.2, 0.25) is 0 Å². The van der Waals surface area contributed by atoms with Gasteiger partial charge in [-0.2, -0.15) is 0 Å². The zero-order chi connectivity index (χ0) is 37.0. The van der Waals surface area contributed by atoms with Crippen molar-refractivity contribution in [2.45, 2.75) is 0 Å². The maximum Gasteiger partial charge on any atom is 0.180 e. The van der Waals surface area contributed by atoms with Gasteiger partial charge in [-0.1, -0.05) is 140 Å². The predicted molar refractivity (Wildman–Crippen MR) is 223 cm³/mol. The molecule has 0 unspecified atom stereocenters. The van der Waals surface area contributed by atoms with Crippen molar-refractivity contribution in [2.75, 3.05) is 0 Å². The van der Waals surface area contributed by atoms with Gasteiger partial charge in [0.15, 0.2) is 28.9 Å². The lowest BCUT2D eigenvalue weighted by Crippen LogP contribution is -2.00. The molecule has 0 aliphatic heterocycles. The molecule has 0 fully saturated rings. The van der Waals surface area contributed by atoms with Crippen LogP contribution in [0.15, 0.2) is 185 Å². The number of nitrogens with zero attached hydrogens (tertiary/aromatic N) is 5. The van der Waals surface area contributed by atoms with Gasteiger partial charge in [0, 0.05) is 38.4 Å². The molecule has 0 saturated carbocycles. The molecule has 4 heterocycles. The van der Waals surface area contributed by atoms with Crippen molar-refractivity contribution >= 4 is 44.0 Å². The smallest absolute Gasteiger partial charge is 0.180 e. The fraction of sp³-hybridized carbons (Fsp3) is 0. The summed E-state index contributed by atoms with van der Waals surface area (Å²) in [5.74, 6) is 2.40. The molecular formula is C49H29N5O2. The summed E-state index contributed by atoms with van der Waals surface area (Å²) in [5, 5.41) is 2.95. The summed E-state index contributed by atoms with van der Waals surface area (Å²) in [4.78, 5) is 24.9. The molecule has 262 valence electrons. The van der Waals surface area contributed by atoms with Gasteiger partial charge in [-0.3, -0.25) is 0 Å². The van der Waals surface area contributed by atoms with Crippen LogP contribution in [-0.2, 0) is 0 Å². The topological polar surface area (TPSA) is 90.7 Å². The largest absolute Gasteiger partial charge is 0.455 e. The molecule has 0 N–H and O–H groups in total. The molecule has 0 aliphatic carbocycles. The molecule has 0 radical (unpaired) electrons. The maximum absolute atomic E-state index is 6.73. The number of furan rings is 2. The molecule has 0 saturated heterocycles. The molecule has 11 rings (SSSR count). The molecule has 4 aromatic heterocycles. The van der Waals surface area contributed by atoms with Gasteiger partial charge in [-0.15, -0.1) is 0 Å². The number of fused-ring (bicyclic) bond motifs is 6. The fourth-order valence-corrected chi connectivity index (χ4v) is 7.43. The Bertz CT molecular complexity index is 3190. The Morgan fingerprint density at radius 2 is 0.839 bits per heavy atom. The van der Waals surface area contributed by atoms with Crippen molar-refractivity contribution in [3.8, 4) is 67.9 Å². The first-order valence-corrected chi connectivity index (χ1v) is 18.4. The van der Waals surface area contributed by atoms with Gasteiger partial charge in [0.25, 0.3) is 0 Å². The van der Waals surface area contributed by atoms with Crippen LogP contribution >= 0.6 is 0 Å². The second-order valence-corrected chi connectivity index (χ2v) is 13.7. The molecular weight excluding hydrogens is 691 g/mol. The molecule has 7 nitrogen and oxygen atoms in total. The van der Waals surface area contributed by atoms with Crippen molar-refractivity contribution in [2.24, 2.45) is 0 Å². The zero-order valence-electron chi connectivity index (χ0n) is 29.8. The number of aromatic nitrogens is 5. The fourth-order valence-electron chi connectivity index (χ4n) is 7.43. The second kappa shape index (κ2) is 13.0. The highest BCUT2D eigenvalue weighted by Gasteiger charge is 2.20. The summed E-state index contributed by atoms with van der Waals surface area (Å²) in [6.07, 6.45) is 0. The van der Waals surface area contributed by atoms with Crippen LogP contribution in [0, 0.1) is 0 Å². The van der Waals surface area contributed by atoms with E-state index in [0.717, 1.165) is 83.1 Å². The third-order valence-corrected chi connectivity index (χ3v) is 10.2. The average molecular weight is 720 g/mol. The Kier molecular flexibility index (Phi) is 7.35. The molecule has 0 spiro atoms. The quantitative estimate of drug-likeness (QED) is 0.169. The third-order valence-electron chi connectivity index (χ3n) is 10.2. The van der Waals surface area contributed by atoms with E-state index in [2.05, 4.69) is 48.5 Å². The number of para-hydroxylation sites is 2. The number of rotatable bonds is 6. The number of hydrogen-bond donors (Lipinski definition) is 0. The molecule has 7 aromatic carbocycles. The Morgan fingerprint density at radius 1 is 0.304 bits per heavy atom. The van der Waals surface area contributed by atoms with Gasteiger partial charge in [0.1, 0.15) is 28.0 Å². The van der Waals surface area contributed by atoms with Crippen LogP contribution in [0.4, 0.5) is 0 Å². The highest BCUT2D eigenvalue weighted by molar-refractivity contribution is 6.10. The van der Waals surface area contributed by atoms with Crippen LogP contribution < -0.4 is 0 Å². The molecule has 0 bridgehead atoms. The standard InChI is InChI=1S/C49H29N5O2/c1-4-14-30(15-5-1)46-50-42(45-43(51-46)38-22-10-11-25-40(38)55-45)35-21-12-20-33(28-35)34-26-27-36-37-23-13-24-39(44(37)56-41(36)29-34)49-53-47(31-16-6-2-7-17-31)52-48(54-49)32-18-8-3-9-19-32/h1-29H. The lowest BCUT2D eigenvalue weighted by atomic mass is 9.99. The van der Waals surface area contributed by atoms with Crippen LogP contribution in [0.5, 0.6) is 0 Å². The first kappa shape index (κ1) is 31.7. The summed E-state index contributed by atoms with van der Waals surface area (Å²) < 4.78 is 13.2.